The van der Waals surface area contributed by atoms with Crippen LogP contribution in [-0.4, -0.2) is 18.9 Å². The van der Waals surface area contributed by atoms with Gasteiger partial charge in [-0.05, 0) is 30.7 Å². The molecule has 1 unspecified atom stereocenters. The molecule has 0 bridgehead atoms. The van der Waals surface area contributed by atoms with Gasteiger partial charge in [-0.2, -0.15) is 0 Å². The summed E-state index contributed by atoms with van der Waals surface area (Å²) >= 11 is 0. The second-order valence-electron chi connectivity index (χ2n) is 6.72. The summed E-state index contributed by atoms with van der Waals surface area (Å²) in [6.07, 6.45) is 2.76. The molecule has 1 N–H and O–H groups in total. The van der Waals surface area contributed by atoms with E-state index < -0.39 is 0 Å². The van der Waals surface area contributed by atoms with Gasteiger partial charge in [-0.3, -0.25) is 4.79 Å². The fourth-order valence-electron chi connectivity index (χ4n) is 2.50. The Labute approximate surface area is 100 Å². The third-order valence-electron chi connectivity index (χ3n) is 3.95. The molecule has 0 spiro atoms. The van der Waals surface area contributed by atoms with Crippen molar-refractivity contribution in [2.45, 2.75) is 53.9 Å². The molecule has 0 saturated carbocycles. The summed E-state index contributed by atoms with van der Waals surface area (Å²) in [6, 6.07) is 0. The van der Waals surface area contributed by atoms with Crippen molar-refractivity contribution in [2.24, 2.45) is 16.7 Å². The second kappa shape index (κ2) is 4.87. The van der Waals surface area contributed by atoms with Crippen LogP contribution in [0.2, 0.25) is 0 Å². The van der Waals surface area contributed by atoms with E-state index in [1.807, 2.05) is 0 Å². The molecule has 1 fully saturated rings. The number of carbonyl (C=O) groups excluding carboxylic acids is 1. The van der Waals surface area contributed by atoms with Crippen LogP contribution in [0.3, 0.4) is 0 Å². The molecule has 1 heterocycles. The number of carbonyl (C=O) groups is 1. The fraction of sp³-hybridized carbons (Fsp3) is 0.929. The highest BCUT2D eigenvalue weighted by Gasteiger charge is 2.43. The minimum atomic E-state index is -0.0781. The van der Waals surface area contributed by atoms with Gasteiger partial charge >= 0.3 is 0 Å². The summed E-state index contributed by atoms with van der Waals surface area (Å²) in [6.45, 7) is 12.9. The zero-order valence-corrected chi connectivity index (χ0v) is 11.5. The quantitative estimate of drug-likeness (QED) is 0.797. The Morgan fingerprint density at radius 1 is 1.38 bits per heavy atom. The largest absolute Gasteiger partial charge is 0.316 e. The first-order valence-corrected chi connectivity index (χ1v) is 6.52. The highest BCUT2D eigenvalue weighted by Crippen LogP contribution is 2.37. The maximum Gasteiger partial charge on any atom is 0.140 e. The third-order valence-corrected chi connectivity index (χ3v) is 3.95. The van der Waals surface area contributed by atoms with Crippen molar-refractivity contribution in [3.05, 3.63) is 0 Å². The highest BCUT2D eigenvalue weighted by molar-refractivity contribution is 5.85. The molecule has 1 aliphatic heterocycles. The number of rotatable bonds is 4. The van der Waals surface area contributed by atoms with Crippen LogP contribution >= 0.6 is 0 Å². The Balaban J connectivity index is 2.63. The number of nitrogens with one attached hydrogen (secondary N) is 1. The van der Waals surface area contributed by atoms with E-state index >= 15 is 0 Å². The van der Waals surface area contributed by atoms with Crippen molar-refractivity contribution < 1.29 is 4.79 Å². The van der Waals surface area contributed by atoms with Gasteiger partial charge in [-0.25, -0.2) is 0 Å². The zero-order valence-electron chi connectivity index (χ0n) is 11.5. The standard InChI is InChI=1S/C14H27NO/c1-11(2)14(8-9-15-10-14)12(16)6-7-13(3,4)5/h11,15H,6-10H2,1-5H3. The molecule has 1 atom stereocenters. The van der Waals surface area contributed by atoms with Crippen molar-refractivity contribution in [1.29, 1.82) is 0 Å². The first kappa shape index (κ1) is 13.7. The number of hydrogen-bond donors (Lipinski definition) is 1. The average molecular weight is 225 g/mol. The van der Waals surface area contributed by atoms with Gasteiger partial charge in [0.1, 0.15) is 5.78 Å². The summed E-state index contributed by atoms with van der Waals surface area (Å²) in [5.74, 6) is 0.928. The van der Waals surface area contributed by atoms with Crippen LogP contribution in [0.5, 0.6) is 0 Å². The first-order valence-electron chi connectivity index (χ1n) is 6.52. The number of Topliss-reactive ketones (excluding diaryl/α,β-unsaturated/α-hetero) is 1. The van der Waals surface area contributed by atoms with Crippen LogP contribution in [0.1, 0.15) is 53.9 Å². The van der Waals surface area contributed by atoms with E-state index in [1.54, 1.807) is 0 Å². The zero-order chi connectivity index (χ0) is 12.4. The monoisotopic (exact) mass is 225 g/mol. The Hall–Kier alpha value is -0.370. The Kier molecular flexibility index (Phi) is 4.17. The van der Waals surface area contributed by atoms with E-state index in [0.717, 1.165) is 32.4 Å². The van der Waals surface area contributed by atoms with Gasteiger partial charge in [-0.1, -0.05) is 34.6 Å². The number of hydrogen-bond acceptors (Lipinski definition) is 2. The van der Waals surface area contributed by atoms with Crippen molar-refractivity contribution in [2.75, 3.05) is 13.1 Å². The van der Waals surface area contributed by atoms with Crippen LogP contribution in [0.25, 0.3) is 0 Å². The van der Waals surface area contributed by atoms with Gasteiger partial charge in [0.05, 0.1) is 0 Å². The van der Waals surface area contributed by atoms with Crippen molar-refractivity contribution in [3.8, 4) is 0 Å². The van der Waals surface area contributed by atoms with Crippen molar-refractivity contribution in [1.82, 2.24) is 5.32 Å². The lowest BCUT2D eigenvalue weighted by molar-refractivity contribution is -0.130. The predicted molar refractivity (Wildman–Crippen MR) is 68.5 cm³/mol. The second-order valence-corrected chi connectivity index (χ2v) is 6.72. The van der Waals surface area contributed by atoms with Gasteiger partial charge in [0.15, 0.2) is 0 Å². The van der Waals surface area contributed by atoms with Crippen LogP contribution in [0.4, 0.5) is 0 Å². The molecular weight excluding hydrogens is 198 g/mol. The maximum absolute atomic E-state index is 12.4. The van der Waals surface area contributed by atoms with Gasteiger partial charge in [0, 0.05) is 18.4 Å². The molecular formula is C14H27NO. The van der Waals surface area contributed by atoms with Crippen molar-refractivity contribution >= 4 is 5.78 Å². The van der Waals surface area contributed by atoms with E-state index in [-0.39, 0.29) is 10.8 Å². The number of ketones is 1. The SMILES string of the molecule is CC(C)C1(C(=O)CCC(C)(C)C)CCNC1. The lowest BCUT2D eigenvalue weighted by Gasteiger charge is -2.32. The minimum absolute atomic E-state index is 0.0781. The molecule has 0 aromatic heterocycles. The molecule has 0 amide bonds. The van der Waals surface area contributed by atoms with E-state index in [0.29, 0.717) is 11.7 Å². The summed E-state index contributed by atoms with van der Waals surface area (Å²) < 4.78 is 0. The first-order chi connectivity index (χ1) is 7.28. The van der Waals surface area contributed by atoms with Crippen LogP contribution < -0.4 is 5.32 Å². The van der Waals surface area contributed by atoms with Gasteiger partial charge in [0.2, 0.25) is 0 Å². The van der Waals surface area contributed by atoms with Crippen LogP contribution in [-0.2, 0) is 4.79 Å². The highest BCUT2D eigenvalue weighted by atomic mass is 16.1. The van der Waals surface area contributed by atoms with Gasteiger partial charge < -0.3 is 5.32 Å². The molecule has 1 rings (SSSR count). The molecule has 2 heteroatoms. The lowest BCUT2D eigenvalue weighted by Crippen LogP contribution is -2.38. The molecule has 94 valence electrons. The minimum Gasteiger partial charge on any atom is -0.316 e. The molecule has 1 aliphatic rings. The summed E-state index contributed by atoms with van der Waals surface area (Å²) in [5.41, 5.74) is 0.186. The van der Waals surface area contributed by atoms with E-state index in [9.17, 15) is 4.79 Å². The molecule has 16 heavy (non-hydrogen) atoms. The van der Waals surface area contributed by atoms with E-state index in [2.05, 4.69) is 39.9 Å². The van der Waals surface area contributed by atoms with E-state index in [1.165, 1.54) is 0 Å². The molecule has 2 nitrogen and oxygen atoms in total. The van der Waals surface area contributed by atoms with Crippen LogP contribution in [0, 0.1) is 16.7 Å². The van der Waals surface area contributed by atoms with Crippen molar-refractivity contribution in [3.63, 3.8) is 0 Å². The molecule has 0 radical (unpaired) electrons. The summed E-state index contributed by atoms with van der Waals surface area (Å²) in [5, 5.41) is 3.35. The van der Waals surface area contributed by atoms with E-state index in [4.69, 9.17) is 0 Å². The topological polar surface area (TPSA) is 29.1 Å². The smallest absolute Gasteiger partial charge is 0.140 e. The maximum atomic E-state index is 12.4. The summed E-state index contributed by atoms with van der Waals surface area (Å²) in [7, 11) is 0. The summed E-state index contributed by atoms with van der Waals surface area (Å²) in [4.78, 5) is 12.4. The Morgan fingerprint density at radius 3 is 2.38 bits per heavy atom. The average Bonchev–Trinajstić information content (AvgIpc) is 2.62. The van der Waals surface area contributed by atoms with Gasteiger partial charge in [0.25, 0.3) is 0 Å². The molecule has 0 aliphatic carbocycles. The normalized spacial score (nSPS) is 26.4. The van der Waals surface area contributed by atoms with Gasteiger partial charge in [-0.15, -0.1) is 0 Å². The lowest BCUT2D eigenvalue weighted by atomic mass is 9.71. The molecule has 0 aromatic rings. The molecule has 1 saturated heterocycles. The predicted octanol–water partition coefficient (Wildman–Crippen LogP) is 3.02. The Bertz CT molecular complexity index is 244. The third kappa shape index (κ3) is 3.07. The Morgan fingerprint density at radius 2 is 2.00 bits per heavy atom. The fourth-order valence-corrected chi connectivity index (χ4v) is 2.50. The van der Waals surface area contributed by atoms with Crippen LogP contribution in [0.15, 0.2) is 0 Å². The molecule has 0 aromatic carbocycles.